The van der Waals surface area contributed by atoms with Gasteiger partial charge in [0.2, 0.25) is 10.0 Å². The molecule has 2 rings (SSSR count). The second-order valence-electron chi connectivity index (χ2n) is 4.63. The molecule has 100 valence electrons. The first kappa shape index (κ1) is 13.8. The van der Waals surface area contributed by atoms with Crippen molar-refractivity contribution >= 4 is 21.6 Å². The second kappa shape index (κ2) is 5.17. The van der Waals surface area contributed by atoms with Crippen molar-refractivity contribution in [2.24, 2.45) is 5.73 Å². The fourth-order valence-electron chi connectivity index (χ4n) is 2.07. The summed E-state index contributed by atoms with van der Waals surface area (Å²) < 4.78 is 26.4. The molecular formula is C12H17ClN2O2S. The standard InChI is InChI=1S/C12H17ClN2O2S/c1-9-3-2-4-11(12(9)13)18(16,17)15-7-5-10(14)6-8-15/h2-4,10H,5-8,14H2,1H3. The Morgan fingerprint density at radius 2 is 1.94 bits per heavy atom. The van der Waals surface area contributed by atoms with Gasteiger partial charge in [0.15, 0.2) is 0 Å². The van der Waals surface area contributed by atoms with Crippen LogP contribution in [0.25, 0.3) is 0 Å². The van der Waals surface area contributed by atoms with E-state index in [-0.39, 0.29) is 10.9 Å². The molecule has 1 aromatic rings. The van der Waals surface area contributed by atoms with E-state index < -0.39 is 10.0 Å². The minimum Gasteiger partial charge on any atom is -0.328 e. The first-order chi connectivity index (χ1) is 8.43. The molecule has 0 unspecified atom stereocenters. The van der Waals surface area contributed by atoms with Crippen LogP contribution in [-0.4, -0.2) is 31.9 Å². The molecule has 0 atom stereocenters. The second-order valence-corrected chi connectivity index (χ2v) is 6.91. The summed E-state index contributed by atoms with van der Waals surface area (Å²) in [6.07, 6.45) is 1.39. The van der Waals surface area contributed by atoms with Crippen molar-refractivity contribution in [1.82, 2.24) is 4.31 Å². The third kappa shape index (κ3) is 2.54. The van der Waals surface area contributed by atoms with Crippen molar-refractivity contribution in [3.8, 4) is 0 Å². The van der Waals surface area contributed by atoms with Gasteiger partial charge in [-0.3, -0.25) is 0 Å². The summed E-state index contributed by atoms with van der Waals surface area (Å²) in [7, 11) is -3.49. The number of hydrogen-bond donors (Lipinski definition) is 1. The molecule has 0 radical (unpaired) electrons. The zero-order valence-corrected chi connectivity index (χ0v) is 11.8. The van der Waals surface area contributed by atoms with Crippen molar-refractivity contribution in [2.45, 2.75) is 30.7 Å². The number of hydrogen-bond acceptors (Lipinski definition) is 3. The van der Waals surface area contributed by atoms with Crippen LogP contribution in [-0.2, 0) is 10.0 Å². The molecule has 1 aromatic carbocycles. The largest absolute Gasteiger partial charge is 0.328 e. The van der Waals surface area contributed by atoms with Crippen molar-refractivity contribution in [1.29, 1.82) is 0 Å². The number of nitrogens with zero attached hydrogens (tertiary/aromatic N) is 1. The van der Waals surface area contributed by atoms with E-state index in [4.69, 9.17) is 17.3 Å². The highest BCUT2D eigenvalue weighted by molar-refractivity contribution is 7.89. The monoisotopic (exact) mass is 288 g/mol. The van der Waals surface area contributed by atoms with Crippen LogP contribution in [0.15, 0.2) is 23.1 Å². The number of nitrogens with two attached hydrogens (primary N) is 1. The Morgan fingerprint density at radius 3 is 2.56 bits per heavy atom. The lowest BCUT2D eigenvalue weighted by Crippen LogP contribution is -2.42. The van der Waals surface area contributed by atoms with E-state index in [2.05, 4.69) is 0 Å². The lowest BCUT2D eigenvalue weighted by molar-refractivity contribution is 0.320. The molecular weight excluding hydrogens is 272 g/mol. The predicted molar refractivity (Wildman–Crippen MR) is 72.2 cm³/mol. The van der Waals surface area contributed by atoms with Gasteiger partial charge in [-0.2, -0.15) is 4.31 Å². The number of sulfonamides is 1. The van der Waals surface area contributed by atoms with Crippen LogP contribution in [0.4, 0.5) is 0 Å². The van der Waals surface area contributed by atoms with Gasteiger partial charge in [0.1, 0.15) is 4.90 Å². The van der Waals surface area contributed by atoms with Crippen LogP contribution >= 0.6 is 11.6 Å². The lowest BCUT2D eigenvalue weighted by atomic mass is 10.1. The van der Waals surface area contributed by atoms with E-state index in [9.17, 15) is 8.42 Å². The van der Waals surface area contributed by atoms with E-state index in [0.717, 1.165) is 5.56 Å². The SMILES string of the molecule is Cc1cccc(S(=O)(=O)N2CCC(N)CC2)c1Cl. The Hall–Kier alpha value is -0.620. The Kier molecular flexibility index (Phi) is 3.96. The molecule has 0 saturated carbocycles. The minimum atomic E-state index is -3.49. The molecule has 0 aromatic heterocycles. The van der Waals surface area contributed by atoms with E-state index in [1.54, 1.807) is 25.1 Å². The number of rotatable bonds is 2. The average molecular weight is 289 g/mol. The average Bonchev–Trinajstić information content (AvgIpc) is 2.33. The van der Waals surface area contributed by atoms with Crippen molar-refractivity contribution in [2.75, 3.05) is 13.1 Å². The summed E-state index contributed by atoms with van der Waals surface area (Å²) in [4.78, 5) is 0.194. The van der Waals surface area contributed by atoms with E-state index in [0.29, 0.717) is 31.0 Å². The Labute approximate surface area is 113 Å². The smallest absolute Gasteiger partial charge is 0.244 e. The van der Waals surface area contributed by atoms with Gasteiger partial charge < -0.3 is 5.73 Å². The maximum atomic E-state index is 12.5. The molecule has 0 amide bonds. The molecule has 1 heterocycles. The van der Waals surface area contributed by atoms with E-state index in [1.807, 2.05) is 0 Å². The van der Waals surface area contributed by atoms with Crippen molar-refractivity contribution < 1.29 is 8.42 Å². The van der Waals surface area contributed by atoms with Crippen LogP contribution < -0.4 is 5.73 Å². The molecule has 0 bridgehead atoms. The van der Waals surface area contributed by atoms with Gasteiger partial charge in [0.05, 0.1) is 5.02 Å². The molecule has 1 fully saturated rings. The van der Waals surface area contributed by atoms with Gasteiger partial charge in [-0.15, -0.1) is 0 Å². The van der Waals surface area contributed by atoms with Gasteiger partial charge >= 0.3 is 0 Å². The summed E-state index contributed by atoms with van der Waals surface area (Å²) in [6, 6.07) is 5.17. The number of halogens is 1. The molecule has 1 saturated heterocycles. The van der Waals surface area contributed by atoms with Crippen molar-refractivity contribution in [3.63, 3.8) is 0 Å². The number of aryl methyl sites for hydroxylation is 1. The Balaban J connectivity index is 2.34. The molecule has 0 aliphatic carbocycles. The summed E-state index contributed by atoms with van der Waals surface area (Å²) in [5, 5.41) is 0.312. The van der Waals surface area contributed by atoms with Crippen LogP contribution in [0.2, 0.25) is 5.02 Å². The fourth-order valence-corrected chi connectivity index (χ4v) is 4.10. The van der Waals surface area contributed by atoms with Gasteiger partial charge in [0, 0.05) is 19.1 Å². The molecule has 1 aliphatic heterocycles. The summed E-state index contributed by atoms with van der Waals surface area (Å²) in [5.74, 6) is 0. The normalized spacial score (nSPS) is 19.1. The zero-order valence-electron chi connectivity index (χ0n) is 10.3. The molecule has 4 nitrogen and oxygen atoms in total. The summed E-state index contributed by atoms with van der Waals surface area (Å²) in [5.41, 5.74) is 6.56. The first-order valence-corrected chi connectivity index (χ1v) is 7.75. The molecule has 18 heavy (non-hydrogen) atoms. The number of piperidine rings is 1. The molecule has 2 N–H and O–H groups in total. The van der Waals surface area contributed by atoms with Gasteiger partial charge in [-0.05, 0) is 31.4 Å². The van der Waals surface area contributed by atoms with E-state index in [1.165, 1.54) is 4.31 Å². The summed E-state index contributed by atoms with van der Waals surface area (Å²) in [6.45, 7) is 2.73. The molecule has 6 heteroatoms. The lowest BCUT2D eigenvalue weighted by Gasteiger charge is -2.29. The fraction of sp³-hybridized carbons (Fsp3) is 0.500. The zero-order chi connectivity index (χ0) is 13.3. The maximum absolute atomic E-state index is 12.5. The van der Waals surface area contributed by atoms with Crippen LogP contribution in [0.5, 0.6) is 0 Å². The van der Waals surface area contributed by atoms with E-state index >= 15 is 0 Å². The topological polar surface area (TPSA) is 63.4 Å². The highest BCUT2D eigenvalue weighted by Gasteiger charge is 2.29. The maximum Gasteiger partial charge on any atom is 0.244 e. The third-order valence-corrected chi connectivity index (χ3v) is 5.83. The first-order valence-electron chi connectivity index (χ1n) is 5.94. The minimum absolute atomic E-state index is 0.101. The van der Waals surface area contributed by atoms with Crippen molar-refractivity contribution in [3.05, 3.63) is 28.8 Å². The highest BCUT2D eigenvalue weighted by Crippen LogP contribution is 2.28. The van der Waals surface area contributed by atoms with Crippen LogP contribution in [0, 0.1) is 6.92 Å². The van der Waals surface area contributed by atoms with Gasteiger partial charge in [-0.25, -0.2) is 8.42 Å². The van der Waals surface area contributed by atoms with Crippen LogP contribution in [0.1, 0.15) is 18.4 Å². The molecule has 1 aliphatic rings. The predicted octanol–water partition coefficient (Wildman–Crippen LogP) is 1.76. The Morgan fingerprint density at radius 1 is 1.33 bits per heavy atom. The van der Waals surface area contributed by atoms with Gasteiger partial charge in [-0.1, -0.05) is 23.7 Å². The Bertz CT molecular complexity index is 537. The van der Waals surface area contributed by atoms with Crippen LogP contribution in [0.3, 0.4) is 0 Å². The third-order valence-electron chi connectivity index (χ3n) is 3.27. The number of benzene rings is 1. The quantitative estimate of drug-likeness (QED) is 0.902. The van der Waals surface area contributed by atoms with Gasteiger partial charge in [0.25, 0.3) is 0 Å². The summed E-state index contributed by atoms with van der Waals surface area (Å²) >= 11 is 6.10. The molecule has 0 spiro atoms. The highest BCUT2D eigenvalue weighted by atomic mass is 35.5.